The third kappa shape index (κ3) is 13.1. The summed E-state index contributed by atoms with van der Waals surface area (Å²) >= 11 is 0. The Kier molecular flexibility index (Phi) is 14.5. The second kappa shape index (κ2) is 17.4. The van der Waals surface area contributed by atoms with E-state index in [1.807, 2.05) is 0 Å². The molecular formula is C33H44F5N5O7. The maximum atomic E-state index is 14.8. The van der Waals surface area contributed by atoms with Crippen LogP contribution in [0.15, 0.2) is 48.5 Å². The van der Waals surface area contributed by atoms with Crippen LogP contribution in [0.4, 0.5) is 26.7 Å². The Balaban J connectivity index is 2.21. The van der Waals surface area contributed by atoms with Crippen molar-refractivity contribution in [1.82, 2.24) is 21.3 Å². The molecule has 0 bridgehead atoms. The standard InChI is InChI=1S/C33H44F5N5O7/c1-18(2)24(26(44)33(37,38)29(47)41-17-32(34,35)36)42-28(46)25(21-11-13-22(49-6)14-12-21)43-27(45)23(39)15-19-7-9-20(10-8-19)16-40-30(48)50-31(3,4)5/h7-14,18,23-26,44H,15-17,39H2,1-6H3,(H,40,48)(H,41,47)(H,42,46)(H,43,45)/t23-,24-,25?,26?/m0/s1. The van der Waals surface area contributed by atoms with Crippen LogP contribution < -0.4 is 31.7 Å². The van der Waals surface area contributed by atoms with E-state index in [-0.39, 0.29) is 18.5 Å². The zero-order valence-corrected chi connectivity index (χ0v) is 28.5. The number of halogens is 5. The van der Waals surface area contributed by atoms with E-state index in [1.54, 1.807) is 45.0 Å². The Morgan fingerprint density at radius 2 is 1.40 bits per heavy atom. The lowest BCUT2D eigenvalue weighted by Crippen LogP contribution is -2.60. The summed E-state index contributed by atoms with van der Waals surface area (Å²) in [5.74, 6) is -9.60. The predicted octanol–water partition coefficient (Wildman–Crippen LogP) is 3.26. The molecule has 0 aliphatic heterocycles. The second-order valence-corrected chi connectivity index (χ2v) is 12.8. The molecule has 12 nitrogen and oxygen atoms in total. The highest BCUT2D eigenvalue weighted by Gasteiger charge is 2.52. The zero-order valence-electron chi connectivity index (χ0n) is 28.5. The van der Waals surface area contributed by atoms with Crippen LogP contribution in [-0.2, 0) is 32.1 Å². The van der Waals surface area contributed by atoms with E-state index in [9.17, 15) is 46.2 Å². The van der Waals surface area contributed by atoms with Gasteiger partial charge in [0.15, 0.2) is 0 Å². The van der Waals surface area contributed by atoms with Gasteiger partial charge in [-0.2, -0.15) is 22.0 Å². The normalized spacial score (nSPS) is 14.5. The summed E-state index contributed by atoms with van der Waals surface area (Å²) in [6, 6.07) is 7.94. The Labute approximate surface area is 286 Å². The Hall–Kier alpha value is -4.51. The van der Waals surface area contributed by atoms with Gasteiger partial charge in [-0.15, -0.1) is 0 Å². The number of rotatable bonds is 15. The maximum absolute atomic E-state index is 14.8. The highest BCUT2D eigenvalue weighted by molar-refractivity contribution is 5.91. The number of alkyl halides is 5. The van der Waals surface area contributed by atoms with Crippen LogP contribution in [0.3, 0.4) is 0 Å². The molecular weight excluding hydrogens is 673 g/mol. The summed E-state index contributed by atoms with van der Waals surface area (Å²) < 4.78 is 77.5. The van der Waals surface area contributed by atoms with E-state index in [0.29, 0.717) is 11.3 Å². The minimum Gasteiger partial charge on any atom is -0.497 e. The Bertz CT molecular complexity index is 1450. The molecule has 0 aliphatic rings. The average molecular weight is 718 g/mol. The molecule has 2 aromatic rings. The fourth-order valence-electron chi connectivity index (χ4n) is 4.49. The lowest BCUT2D eigenvalue weighted by molar-refractivity contribution is -0.175. The first-order valence-electron chi connectivity index (χ1n) is 15.5. The van der Waals surface area contributed by atoms with Crippen LogP contribution >= 0.6 is 0 Å². The number of carbonyl (C=O) groups excluding carboxylic acids is 4. The number of hydrogen-bond donors (Lipinski definition) is 6. The molecule has 0 saturated heterocycles. The molecule has 0 heterocycles. The number of aliphatic hydroxyl groups excluding tert-OH is 1. The van der Waals surface area contributed by atoms with Gasteiger partial charge in [0.25, 0.3) is 5.91 Å². The predicted molar refractivity (Wildman–Crippen MR) is 172 cm³/mol. The number of nitrogens with two attached hydrogens (primary N) is 1. The number of hydrogen-bond acceptors (Lipinski definition) is 8. The lowest BCUT2D eigenvalue weighted by Gasteiger charge is -2.33. The molecule has 4 atom stereocenters. The van der Waals surface area contributed by atoms with E-state index in [2.05, 4.69) is 16.0 Å². The molecule has 2 unspecified atom stereocenters. The fraction of sp³-hybridized carbons (Fsp3) is 0.515. The van der Waals surface area contributed by atoms with Gasteiger partial charge in [0.2, 0.25) is 11.8 Å². The van der Waals surface area contributed by atoms with Gasteiger partial charge in [-0.3, -0.25) is 14.4 Å². The highest BCUT2D eigenvalue weighted by Crippen LogP contribution is 2.27. The summed E-state index contributed by atoms with van der Waals surface area (Å²) in [5.41, 5.74) is 7.03. The molecule has 4 amide bonds. The number of carbonyl (C=O) groups is 4. The number of alkyl carbamates (subject to hydrolysis) is 1. The van der Waals surface area contributed by atoms with Crippen LogP contribution in [0, 0.1) is 5.92 Å². The molecule has 7 N–H and O–H groups in total. The molecule has 0 aromatic heterocycles. The van der Waals surface area contributed by atoms with E-state index < -0.39 is 78.2 Å². The van der Waals surface area contributed by atoms with Crippen LogP contribution in [-0.4, -0.2) is 78.5 Å². The lowest BCUT2D eigenvalue weighted by atomic mass is 9.92. The quantitative estimate of drug-likeness (QED) is 0.152. The molecule has 50 heavy (non-hydrogen) atoms. The van der Waals surface area contributed by atoms with E-state index in [4.69, 9.17) is 15.2 Å². The maximum Gasteiger partial charge on any atom is 0.407 e. The molecule has 17 heteroatoms. The van der Waals surface area contributed by atoms with Crippen molar-refractivity contribution in [2.24, 2.45) is 11.7 Å². The van der Waals surface area contributed by atoms with Gasteiger partial charge in [0, 0.05) is 6.54 Å². The van der Waals surface area contributed by atoms with Crippen molar-refractivity contribution in [2.75, 3.05) is 13.7 Å². The van der Waals surface area contributed by atoms with Crippen molar-refractivity contribution < 1.29 is 55.7 Å². The topological polar surface area (TPSA) is 181 Å². The summed E-state index contributed by atoms with van der Waals surface area (Å²) in [6.07, 6.45) is -8.52. The summed E-state index contributed by atoms with van der Waals surface area (Å²) in [6.45, 7) is 5.97. The number of benzene rings is 2. The van der Waals surface area contributed by atoms with Crippen LogP contribution in [0.2, 0.25) is 0 Å². The van der Waals surface area contributed by atoms with Crippen LogP contribution in [0.1, 0.15) is 57.4 Å². The van der Waals surface area contributed by atoms with Crippen molar-refractivity contribution >= 4 is 23.8 Å². The molecule has 2 aromatic carbocycles. The average Bonchev–Trinajstić information content (AvgIpc) is 3.02. The van der Waals surface area contributed by atoms with E-state index in [0.717, 1.165) is 10.9 Å². The fourth-order valence-corrected chi connectivity index (χ4v) is 4.49. The molecule has 0 saturated carbocycles. The van der Waals surface area contributed by atoms with Crippen molar-refractivity contribution in [3.8, 4) is 5.75 Å². The minimum atomic E-state index is -4.99. The largest absolute Gasteiger partial charge is 0.497 e. The number of aliphatic hydroxyl groups is 1. The number of methoxy groups -OCH3 is 1. The summed E-state index contributed by atoms with van der Waals surface area (Å²) in [7, 11) is 1.39. The monoisotopic (exact) mass is 717 g/mol. The van der Waals surface area contributed by atoms with E-state index >= 15 is 0 Å². The summed E-state index contributed by atoms with van der Waals surface area (Å²) in [5, 5.41) is 18.8. The highest BCUT2D eigenvalue weighted by atomic mass is 19.4. The number of amides is 4. The van der Waals surface area contributed by atoms with Crippen molar-refractivity contribution in [1.29, 1.82) is 0 Å². The minimum absolute atomic E-state index is 0.00908. The van der Waals surface area contributed by atoms with Crippen LogP contribution in [0.5, 0.6) is 5.75 Å². The van der Waals surface area contributed by atoms with Crippen molar-refractivity contribution in [3.05, 3.63) is 65.2 Å². The first kappa shape index (κ1) is 41.7. The van der Waals surface area contributed by atoms with Gasteiger partial charge >= 0.3 is 18.2 Å². The Morgan fingerprint density at radius 3 is 1.90 bits per heavy atom. The van der Waals surface area contributed by atoms with Gasteiger partial charge in [0.1, 0.15) is 30.0 Å². The Morgan fingerprint density at radius 1 is 0.840 bits per heavy atom. The van der Waals surface area contributed by atoms with Crippen molar-refractivity contribution in [3.63, 3.8) is 0 Å². The summed E-state index contributed by atoms with van der Waals surface area (Å²) in [4.78, 5) is 50.7. The van der Waals surface area contributed by atoms with Gasteiger partial charge in [-0.1, -0.05) is 50.2 Å². The van der Waals surface area contributed by atoms with Gasteiger partial charge in [-0.05, 0) is 61.9 Å². The first-order chi connectivity index (χ1) is 23.0. The molecule has 0 spiro atoms. The van der Waals surface area contributed by atoms with Crippen LogP contribution in [0.25, 0.3) is 0 Å². The third-order valence-electron chi connectivity index (χ3n) is 7.14. The van der Waals surface area contributed by atoms with Gasteiger partial charge < -0.3 is 41.6 Å². The molecule has 0 radical (unpaired) electrons. The second-order valence-electron chi connectivity index (χ2n) is 12.8. The molecule has 2 rings (SSSR count). The van der Waals surface area contributed by atoms with Crippen molar-refractivity contribution in [2.45, 2.75) is 89.5 Å². The first-order valence-corrected chi connectivity index (χ1v) is 15.5. The third-order valence-corrected chi connectivity index (χ3v) is 7.14. The molecule has 0 aliphatic carbocycles. The molecule has 278 valence electrons. The van der Waals surface area contributed by atoms with Gasteiger partial charge in [-0.25, -0.2) is 4.79 Å². The van der Waals surface area contributed by atoms with Gasteiger partial charge in [0.05, 0.1) is 19.2 Å². The van der Waals surface area contributed by atoms with E-state index in [1.165, 1.54) is 45.2 Å². The number of nitrogens with one attached hydrogen (secondary N) is 4. The molecule has 0 fully saturated rings. The number of ether oxygens (including phenoxy) is 2. The smallest absolute Gasteiger partial charge is 0.407 e. The zero-order chi connectivity index (χ0) is 38.0. The SMILES string of the molecule is COc1ccc(C(NC(=O)[C@@H](N)Cc2ccc(CNC(=O)OC(C)(C)C)cc2)C(=O)N[C@@H](C(C)C)C(O)C(F)(F)C(=O)NCC(F)(F)F)cc1.